The van der Waals surface area contributed by atoms with Gasteiger partial charge in [-0.1, -0.05) is 11.6 Å². The van der Waals surface area contributed by atoms with E-state index in [4.69, 9.17) is 17.3 Å². The number of carbonyl (C=O) groups excluding carboxylic acids is 2. The lowest BCUT2D eigenvalue weighted by atomic mass is 10.1. The summed E-state index contributed by atoms with van der Waals surface area (Å²) in [4.78, 5) is 22.5. The maximum atomic E-state index is 11.5. The Balaban J connectivity index is 2.10. The van der Waals surface area contributed by atoms with Gasteiger partial charge in [-0.05, 0) is 24.6 Å². The number of amides is 2. The highest BCUT2D eigenvalue weighted by atomic mass is 35.5. The quantitative estimate of drug-likeness (QED) is 0.545. The average Bonchev–Trinajstić information content (AvgIpc) is 2.21. The Morgan fingerprint density at radius 2 is 2.12 bits per heavy atom. The molecule has 0 aromatic heterocycles. The van der Waals surface area contributed by atoms with Crippen molar-refractivity contribution in [1.29, 1.82) is 0 Å². The van der Waals surface area contributed by atoms with Gasteiger partial charge in [0, 0.05) is 22.8 Å². The monoisotopic (exact) mass is 253 g/mol. The molecule has 2 rings (SSSR count). The second-order valence-corrected chi connectivity index (χ2v) is 4.36. The predicted octanol–water partition coefficient (Wildman–Crippen LogP) is 1.14. The van der Waals surface area contributed by atoms with Gasteiger partial charge in [-0.25, -0.2) is 0 Å². The van der Waals surface area contributed by atoms with Crippen LogP contribution < -0.4 is 16.4 Å². The zero-order valence-electron chi connectivity index (χ0n) is 9.00. The number of carbonyl (C=O) groups is 2. The first-order chi connectivity index (χ1) is 8.04. The fourth-order valence-corrected chi connectivity index (χ4v) is 1.97. The Labute approximate surface area is 103 Å². The molecule has 90 valence electrons. The van der Waals surface area contributed by atoms with Crippen LogP contribution in [0.3, 0.4) is 0 Å². The number of hydrogen-bond acceptors (Lipinski definition) is 4. The van der Waals surface area contributed by atoms with Crippen molar-refractivity contribution in [2.24, 2.45) is 0 Å². The molecule has 1 saturated heterocycles. The molecule has 1 heterocycles. The highest BCUT2D eigenvalue weighted by molar-refractivity contribution is 6.31. The van der Waals surface area contributed by atoms with E-state index in [0.717, 1.165) is 0 Å². The van der Waals surface area contributed by atoms with E-state index in [2.05, 4.69) is 10.6 Å². The standard InChI is InChI=1S/C11H12ClN3O2/c12-6-3-7(13)5-8(4-6)14-9-1-2-10(16)15-11(9)17/h3-5,9,14H,1-2,13H2,(H,15,16,17). The van der Waals surface area contributed by atoms with Crippen molar-refractivity contribution < 1.29 is 9.59 Å². The summed E-state index contributed by atoms with van der Waals surface area (Å²) in [7, 11) is 0. The number of piperidine rings is 1. The van der Waals surface area contributed by atoms with Gasteiger partial charge in [0.15, 0.2) is 0 Å². The van der Waals surface area contributed by atoms with Crippen LogP contribution in [-0.4, -0.2) is 17.9 Å². The second kappa shape index (κ2) is 4.63. The molecule has 4 N–H and O–H groups in total. The van der Waals surface area contributed by atoms with Gasteiger partial charge in [-0.3, -0.25) is 14.9 Å². The SMILES string of the molecule is Nc1cc(Cl)cc(NC2CCC(=O)NC2=O)c1. The predicted molar refractivity (Wildman–Crippen MR) is 65.7 cm³/mol. The summed E-state index contributed by atoms with van der Waals surface area (Å²) >= 11 is 5.85. The maximum Gasteiger partial charge on any atom is 0.249 e. The van der Waals surface area contributed by atoms with Gasteiger partial charge in [0.2, 0.25) is 11.8 Å². The molecular weight excluding hydrogens is 242 g/mol. The Hall–Kier alpha value is -1.75. The van der Waals surface area contributed by atoms with E-state index in [0.29, 0.717) is 29.2 Å². The van der Waals surface area contributed by atoms with Gasteiger partial charge in [0.05, 0.1) is 0 Å². The van der Waals surface area contributed by atoms with E-state index >= 15 is 0 Å². The van der Waals surface area contributed by atoms with Crippen molar-refractivity contribution in [2.45, 2.75) is 18.9 Å². The lowest BCUT2D eigenvalue weighted by Gasteiger charge is -2.23. The lowest BCUT2D eigenvalue weighted by Crippen LogP contribution is -2.47. The number of nitrogen functional groups attached to an aromatic ring is 1. The zero-order valence-corrected chi connectivity index (χ0v) is 9.75. The number of rotatable bonds is 2. The minimum atomic E-state index is -0.425. The molecule has 5 nitrogen and oxygen atoms in total. The molecule has 1 aromatic carbocycles. The summed E-state index contributed by atoms with van der Waals surface area (Å²) in [6.45, 7) is 0. The maximum absolute atomic E-state index is 11.5. The molecular formula is C11H12ClN3O2. The van der Waals surface area contributed by atoms with Gasteiger partial charge in [0.1, 0.15) is 6.04 Å². The highest BCUT2D eigenvalue weighted by Crippen LogP contribution is 2.22. The molecule has 0 radical (unpaired) electrons. The number of hydrogen-bond donors (Lipinski definition) is 3. The molecule has 1 fully saturated rings. The van der Waals surface area contributed by atoms with Gasteiger partial charge < -0.3 is 11.1 Å². The molecule has 6 heteroatoms. The number of imide groups is 1. The molecule has 2 amide bonds. The molecule has 0 saturated carbocycles. The van der Waals surface area contributed by atoms with Crippen LogP contribution >= 0.6 is 11.6 Å². The number of halogens is 1. The fraction of sp³-hybridized carbons (Fsp3) is 0.273. The third kappa shape index (κ3) is 2.88. The molecule has 1 aromatic rings. The Morgan fingerprint density at radius 3 is 2.76 bits per heavy atom. The van der Waals surface area contributed by atoms with E-state index in [1.165, 1.54) is 0 Å². The van der Waals surface area contributed by atoms with E-state index in [9.17, 15) is 9.59 Å². The van der Waals surface area contributed by atoms with Crippen LogP contribution in [0.1, 0.15) is 12.8 Å². The third-order valence-corrected chi connectivity index (χ3v) is 2.72. The molecule has 1 unspecified atom stereocenters. The number of benzene rings is 1. The fourth-order valence-electron chi connectivity index (χ4n) is 1.73. The van der Waals surface area contributed by atoms with Crippen LogP contribution in [0.4, 0.5) is 11.4 Å². The van der Waals surface area contributed by atoms with E-state index < -0.39 is 6.04 Å². The number of anilines is 2. The first-order valence-corrected chi connectivity index (χ1v) is 5.59. The Kier molecular flexibility index (Phi) is 3.19. The lowest BCUT2D eigenvalue weighted by molar-refractivity contribution is -0.133. The van der Waals surface area contributed by atoms with Crippen LogP contribution in [0.2, 0.25) is 5.02 Å². The molecule has 1 aliphatic rings. The summed E-state index contributed by atoms with van der Waals surface area (Å²) in [5.74, 6) is -0.557. The van der Waals surface area contributed by atoms with Crippen molar-refractivity contribution in [3.63, 3.8) is 0 Å². The third-order valence-electron chi connectivity index (χ3n) is 2.50. The van der Waals surface area contributed by atoms with E-state index in [-0.39, 0.29) is 11.8 Å². The zero-order chi connectivity index (χ0) is 12.4. The summed E-state index contributed by atoms with van der Waals surface area (Å²) in [5, 5.41) is 5.78. The van der Waals surface area contributed by atoms with Crippen molar-refractivity contribution >= 4 is 34.8 Å². The molecule has 1 aliphatic heterocycles. The highest BCUT2D eigenvalue weighted by Gasteiger charge is 2.26. The summed E-state index contributed by atoms with van der Waals surface area (Å²) in [5.41, 5.74) is 6.83. The molecule has 0 aliphatic carbocycles. The second-order valence-electron chi connectivity index (χ2n) is 3.92. The van der Waals surface area contributed by atoms with Gasteiger partial charge >= 0.3 is 0 Å². The summed E-state index contributed by atoms with van der Waals surface area (Å²) in [6, 6.07) is 4.57. The first kappa shape index (κ1) is 11.7. The van der Waals surface area contributed by atoms with Crippen molar-refractivity contribution in [2.75, 3.05) is 11.1 Å². The van der Waals surface area contributed by atoms with Crippen LogP contribution in [-0.2, 0) is 9.59 Å². The minimum Gasteiger partial charge on any atom is -0.399 e. The normalized spacial score (nSPS) is 19.9. The summed E-state index contributed by atoms with van der Waals surface area (Å²) in [6.07, 6.45) is 0.802. The topological polar surface area (TPSA) is 84.2 Å². The van der Waals surface area contributed by atoms with Gasteiger partial charge in [-0.2, -0.15) is 0 Å². The largest absolute Gasteiger partial charge is 0.399 e. The first-order valence-electron chi connectivity index (χ1n) is 5.21. The molecule has 0 spiro atoms. The van der Waals surface area contributed by atoms with Crippen molar-refractivity contribution in [3.8, 4) is 0 Å². The van der Waals surface area contributed by atoms with Crippen LogP contribution in [0.5, 0.6) is 0 Å². The number of nitrogens with two attached hydrogens (primary N) is 1. The average molecular weight is 254 g/mol. The number of nitrogens with one attached hydrogen (secondary N) is 2. The van der Waals surface area contributed by atoms with Crippen molar-refractivity contribution in [1.82, 2.24) is 5.32 Å². The summed E-state index contributed by atoms with van der Waals surface area (Å²) < 4.78 is 0. The van der Waals surface area contributed by atoms with E-state index in [1.54, 1.807) is 18.2 Å². The molecule has 17 heavy (non-hydrogen) atoms. The smallest absolute Gasteiger partial charge is 0.249 e. The Bertz CT molecular complexity index is 456. The minimum absolute atomic E-state index is 0.237. The Morgan fingerprint density at radius 1 is 1.35 bits per heavy atom. The molecule has 0 bridgehead atoms. The molecule has 1 atom stereocenters. The van der Waals surface area contributed by atoms with Gasteiger partial charge in [0.25, 0.3) is 0 Å². The van der Waals surface area contributed by atoms with E-state index in [1.807, 2.05) is 0 Å². The van der Waals surface area contributed by atoms with Crippen molar-refractivity contribution in [3.05, 3.63) is 23.2 Å². The van der Waals surface area contributed by atoms with Crippen LogP contribution in [0.25, 0.3) is 0 Å². The van der Waals surface area contributed by atoms with Gasteiger partial charge in [-0.15, -0.1) is 0 Å². The van der Waals surface area contributed by atoms with Crippen LogP contribution in [0.15, 0.2) is 18.2 Å². The van der Waals surface area contributed by atoms with Crippen LogP contribution in [0, 0.1) is 0 Å².